The van der Waals surface area contributed by atoms with Gasteiger partial charge in [-0.1, -0.05) is 132 Å². The van der Waals surface area contributed by atoms with Gasteiger partial charge in [0.1, 0.15) is 0 Å². The molecule has 0 aliphatic heterocycles. The highest BCUT2D eigenvalue weighted by atomic mass is 35.6. The van der Waals surface area contributed by atoms with E-state index >= 15 is 0 Å². The van der Waals surface area contributed by atoms with Crippen LogP contribution in [0.4, 0.5) is 0 Å². The van der Waals surface area contributed by atoms with Gasteiger partial charge in [0, 0.05) is 23.7 Å². The van der Waals surface area contributed by atoms with Gasteiger partial charge in [-0.15, -0.1) is 0 Å². The summed E-state index contributed by atoms with van der Waals surface area (Å²) in [7, 11) is 0. The fourth-order valence-electron chi connectivity index (χ4n) is 9.94. The summed E-state index contributed by atoms with van der Waals surface area (Å²) in [5.74, 6) is 0.357. The van der Waals surface area contributed by atoms with Crippen molar-refractivity contribution in [2.24, 2.45) is 22.7 Å². The Labute approximate surface area is 248 Å². The molecule has 4 atom stereocenters. The Kier molecular flexibility index (Phi) is 5.13. The molecule has 7 aliphatic rings. The Morgan fingerprint density at radius 1 is 0.475 bits per heavy atom. The monoisotopic (exact) mass is 576 g/mol. The van der Waals surface area contributed by atoms with Crippen molar-refractivity contribution in [3.8, 4) is 12.1 Å². The standard InChI is InChI=1S/C34H22N2.CHCl3/c35-17-33-29-23-13-5-1-9-19(23)27(20-10-2-6-14-24(20)29)31(33)32-28-21-11-3-7-15-25(21)30(34(32,33)18-36)26-16-8-4-12-22(26)28;2-1(3)4/h1-16,27-32H;1H/t27?,28?,29?,30?,31-,32-,33-,34-;/m1./s1. The van der Waals surface area contributed by atoms with E-state index in [4.69, 9.17) is 34.8 Å². The average molecular weight is 578 g/mol. The summed E-state index contributed by atoms with van der Waals surface area (Å²) < 4.78 is -0.750. The van der Waals surface area contributed by atoms with E-state index in [-0.39, 0.29) is 35.5 Å². The number of halogens is 3. The molecule has 1 saturated carbocycles. The van der Waals surface area contributed by atoms with E-state index in [1.807, 2.05) is 0 Å². The van der Waals surface area contributed by atoms with Gasteiger partial charge in [-0.25, -0.2) is 0 Å². The number of hydrogen-bond acceptors (Lipinski definition) is 2. The number of alkyl halides is 3. The summed E-state index contributed by atoms with van der Waals surface area (Å²) in [4.78, 5) is 0. The maximum atomic E-state index is 11.3. The van der Waals surface area contributed by atoms with Crippen molar-refractivity contribution < 1.29 is 0 Å². The summed E-state index contributed by atoms with van der Waals surface area (Å²) in [6.45, 7) is 0. The van der Waals surface area contributed by atoms with E-state index in [0.717, 1.165) is 0 Å². The maximum absolute atomic E-state index is 11.3. The second kappa shape index (κ2) is 8.38. The first-order valence-electron chi connectivity index (χ1n) is 13.6. The smallest absolute Gasteiger partial charge is 0.180 e. The second-order valence-corrected chi connectivity index (χ2v) is 13.6. The van der Waals surface area contributed by atoms with Crippen molar-refractivity contribution in [3.05, 3.63) is 142 Å². The summed E-state index contributed by atoms with van der Waals surface area (Å²) >= 11 is 14.4. The van der Waals surface area contributed by atoms with Crippen LogP contribution in [0.15, 0.2) is 97.1 Å². The second-order valence-electron chi connectivity index (χ2n) is 11.6. The first-order valence-corrected chi connectivity index (χ1v) is 14.9. The van der Waals surface area contributed by atoms with Gasteiger partial charge < -0.3 is 0 Å². The largest absolute Gasteiger partial charge is 0.198 e. The van der Waals surface area contributed by atoms with E-state index in [9.17, 15) is 10.5 Å². The molecule has 4 aromatic carbocycles. The Hall–Kier alpha value is -3.27. The van der Waals surface area contributed by atoms with Gasteiger partial charge in [0.15, 0.2) is 4.30 Å². The van der Waals surface area contributed by atoms with Crippen LogP contribution in [-0.4, -0.2) is 4.30 Å². The molecule has 0 spiro atoms. The molecule has 1 fully saturated rings. The van der Waals surface area contributed by atoms with Crippen LogP contribution in [0.3, 0.4) is 0 Å². The zero-order chi connectivity index (χ0) is 27.4. The average Bonchev–Trinajstić information content (AvgIpc) is 2.98. The van der Waals surface area contributed by atoms with Crippen LogP contribution in [0.2, 0.25) is 0 Å². The molecule has 5 heteroatoms. The zero-order valence-electron chi connectivity index (χ0n) is 21.3. The van der Waals surface area contributed by atoms with E-state index in [2.05, 4.69) is 109 Å². The lowest BCUT2D eigenvalue weighted by molar-refractivity contribution is -0.193. The maximum Gasteiger partial charge on any atom is 0.180 e. The van der Waals surface area contributed by atoms with Crippen LogP contribution in [0.1, 0.15) is 68.2 Å². The fraction of sp³-hybridized carbons (Fsp3) is 0.257. The highest BCUT2D eigenvalue weighted by Gasteiger charge is 2.86. The van der Waals surface area contributed by atoms with Crippen LogP contribution in [-0.2, 0) is 0 Å². The molecule has 7 aliphatic carbocycles. The van der Waals surface area contributed by atoms with Crippen molar-refractivity contribution in [1.29, 1.82) is 10.5 Å². The predicted octanol–water partition coefficient (Wildman–Crippen LogP) is 8.82. The summed E-state index contributed by atoms with van der Waals surface area (Å²) in [5.41, 5.74) is 8.99. The van der Waals surface area contributed by atoms with Crippen molar-refractivity contribution in [2.45, 2.75) is 28.0 Å². The summed E-state index contributed by atoms with van der Waals surface area (Å²) in [6.07, 6.45) is 0. The molecule has 0 amide bonds. The van der Waals surface area contributed by atoms with Gasteiger partial charge in [0.05, 0.1) is 23.0 Å². The number of benzene rings is 4. The number of hydrogen-bond donors (Lipinski definition) is 0. The summed E-state index contributed by atoms with van der Waals surface area (Å²) in [5, 5.41) is 22.6. The SMILES string of the molecule is ClC(Cl)Cl.N#C[C@@]12C3c4ccccc4C(c4ccccc43)[C@@H]1[C@H]1C3c4ccccc4C(c4ccccc43)[C@]12C#N. The molecule has 0 aromatic heterocycles. The minimum absolute atomic E-state index is 0.0838. The van der Waals surface area contributed by atoms with Crippen LogP contribution in [0, 0.1) is 45.3 Å². The van der Waals surface area contributed by atoms with E-state index in [0.29, 0.717) is 0 Å². The highest BCUT2D eigenvalue weighted by Crippen LogP contribution is 2.88. The minimum atomic E-state index is -0.760. The third kappa shape index (κ3) is 2.58. The van der Waals surface area contributed by atoms with Crippen molar-refractivity contribution >= 4 is 34.8 Å². The topological polar surface area (TPSA) is 47.6 Å². The molecule has 0 heterocycles. The molecule has 0 radical (unpaired) electrons. The molecule has 194 valence electrons. The van der Waals surface area contributed by atoms with Crippen LogP contribution in [0.25, 0.3) is 0 Å². The van der Waals surface area contributed by atoms with Crippen molar-refractivity contribution in [2.75, 3.05) is 0 Å². The van der Waals surface area contributed by atoms with E-state index in [1.165, 1.54) is 44.5 Å². The lowest BCUT2D eigenvalue weighted by Gasteiger charge is -2.78. The van der Waals surface area contributed by atoms with E-state index in [1.54, 1.807) is 0 Å². The quantitative estimate of drug-likeness (QED) is 0.196. The van der Waals surface area contributed by atoms with E-state index < -0.39 is 15.1 Å². The van der Waals surface area contributed by atoms with Crippen LogP contribution in [0.5, 0.6) is 0 Å². The summed E-state index contributed by atoms with van der Waals surface area (Å²) in [6, 6.07) is 40.9. The Bertz CT molecular complexity index is 1570. The van der Waals surface area contributed by atoms with Gasteiger partial charge in [0.2, 0.25) is 0 Å². The molecular formula is C35H23Cl3N2. The highest BCUT2D eigenvalue weighted by molar-refractivity contribution is 6.63. The van der Waals surface area contributed by atoms with Gasteiger partial charge in [-0.3, -0.25) is 0 Å². The molecular weight excluding hydrogens is 555 g/mol. The zero-order valence-corrected chi connectivity index (χ0v) is 23.6. The van der Waals surface area contributed by atoms with Gasteiger partial charge in [-0.2, -0.15) is 10.5 Å². The van der Waals surface area contributed by atoms with Crippen LogP contribution >= 0.6 is 34.8 Å². The van der Waals surface area contributed by atoms with Crippen LogP contribution < -0.4 is 0 Å². The molecule has 0 saturated heterocycles. The normalized spacial score (nSPS) is 33.8. The molecule has 40 heavy (non-hydrogen) atoms. The Morgan fingerprint density at radius 2 is 0.700 bits per heavy atom. The molecule has 11 rings (SSSR count). The minimum Gasteiger partial charge on any atom is -0.198 e. The number of rotatable bonds is 0. The molecule has 2 nitrogen and oxygen atoms in total. The lowest BCUT2D eigenvalue weighted by atomic mass is 9.21. The van der Waals surface area contributed by atoms with Gasteiger partial charge in [-0.05, 0) is 56.3 Å². The Morgan fingerprint density at radius 3 is 0.925 bits per heavy atom. The number of nitrogens with zero attached hydrogens (tertiary/aromatic N) is 2. The number of nitriles is 2. The molecule has 4 bridgehead atoms. The van der Waals surface area contributed by atoms with Gasteiger partial charge in [0.25, 0.3) is 0 Å². The Balaban J connectivity index is 0.000000579. The fourth-order valence-corrected chi connectivity index (χ4v) is 9.94. The predicted molar refractivity (Wildman–Crippen MR) is 158 cm³/mol. The van der Waals surface area contributed by atoms with Crippen molar-refractivity contribution in [3.63, 3.8) is 0 Å². The van der Waals surface area contributed by atoms with Crippen molar-refractivity contribution in [1.82, 2.24) is 0 Å². The first-order chi connectivity index (χ1) is 19.5. The lowest BCUT2D eigenvalue weighted by Crippen LogP contribution is -2.76. The van der Waals surface area contributed by atoms with Gasteiger partial charge >= 0.3 is 0 Å². The molecule has 0 N–H and O–H groups in total. The third-order valence-electron chi connectivity index (χ3n) is 10.7. The molecule has 4 aromatic rings. The third-order valence-corrected chi connectivity index (χ3v) is 10.7. The first kappa shape index (κ1) is 24.5. The molecule has 0 unspecified atom stereocenters.